The molecule has 0 amide bonds. The van der Waals surface area contributed by atoms with Crippen LogP contribution in [0.4, 0.5) is 4.39 Å². The fourth-order valence-electron chi connectivity index (χ4n) is 5.94. The summed E-state index contributed by atoms with van der Waals surface area (Å²) in [6.07, 6.45) is 13.9. The average Bonchev–Trinajstić information content (AvgIpc) is 2.52. The van der Waals surface area contributed by atoms with Crippen molar-refractivity contribution in [2.75, 3.05) is 0 Å². The van der Waals surface area contributed by atoms with Gasteiger partial charge in [0.1, 0.15) is 6.17 Å². The number of hydrogen-bond acceptors (Lipinski definition) is 1. The highest BCUT2D eigenvalue weighted by molar-refractivity contribution is 6.03. The monoisotopic (exact) mass is 315 g/mol. The third-order valence-electron chi connectivity index (χ3n) is 6.79. The number of halogens is 1. The summed E-state index contributed by atoms with van der Waals surface area (Å²) in [6, 6.07) is 0. The van der Waals surface area contributed by atoms with E-state index < -0.39 is 6.17 Å². The van der Waals surface area contributed by atoms with E-state index in [1.165, 1.54) is 37.0 Å². The van der Waals surface area contributed by atoms with Crippen molar-refractivity contribution in [2.24, 2.45) is 40.5 Å². The van der Waals surface area contributed by atoms with Crippen molar-refractivity contribution in [1.82, 2.24) is 0 Å². The van der Waals surface area contributed by atoms with Crippen LogP contribution in [0.25, 0.3) is 0 Å². The molecule has 0 aromatic heterocycles. The van der Waals surface area contributed by atoms with Gasteiger partial charge >= 0.3 is 0 Å². The van der Waals surface area contributed by atoms with Crippen LogP contribution in [-0.4, -0.2) is 11.9 Å². The summed E-state index contributed by atoms with van der Waals surface area (Å²) in [7, 11) is 0. The maximum atomic E-state index is 13.9. The molecule has 2 heteroatoms. The van der Waals surface area contributed by atoms with Crippen LogP contribution in [-0.2, 0) is 0 Å². The van der Waals surface area contributed by atoms with Crippen LogP contribution in [0, 0.1) is 35.5 Å². The highest BCUT2D eigenvalue weighted by Crippen LogP contribution is 2.50. The van der Waals surface area contributed by atoms with Gasteiger partial charge in [-0.1, -0.05) is 26.0 Å². The van der Waals surface area contributed by atoms with E-state index in [2.05, 4.69) is 32.2 Å². The third-order valence-corrected chi connectivity index (χ3v) is 6.79. The Balaban J connectivity index is 1.64. The maximum absolute atomic E-state index is 13.9. The molecule has 0 aromatic rings. The van der Waals surface area contributed by atoms with E-state index >= 15 is 0 Å². The molecule has 23 heavy (non-hydrogen) atoms. The minimum atomic E-state index is -0.554. The molecule has 0 spiro atoms. The number of nitrogens with zero attached hydrogens (tertiary/aromatic N) is 1. The third kappa shape index (κ3) is 2.94. The fraction of sp³-hybridized carbons (Fsp3) is 0.762. The lowest BCUT2D eigenvalue weighted by Gasteiger charge is -2.47. The lowest BCUT2D eigenvalue weighted by atomic mass is 9.58. The minimum absolute atomic E-state index is 0.554. The van der Waals surface area contributed by atoms with Crippen LogP contribution in [0.1, 0.15) is 58.8 Å². The van der Waals surface area contributed by atoms with E-state index in [0.29, 0.717) is 29.6 Å². The second-order valence-corrected chi connectivity index (χ2v) is 8.67. The van der Waals surface area contributed by atoms with Crippen LogP contribution in [0.5, 0.6) is 0 Å². The topological polar surface area (TPSA) is 12.4 Å². The molecule has 0 aromatic carbocycles. The molecule has 2 saturated carbocycles. The molecule has 0 saturated heterocycles. The molecule has 1 heterocycles. The number of alkyl halides is 1. The average molecular weight is 315 g/mol. The van der Waals surface area contributed by atoms with Crippen LogP contribution in [0.15, 0.2) is 28.9 Å². The van der Waals surface area contributed by atoms with Crippen molar-refractivity contribution in [1.29, 1.82) is 0 Å². The quantitative estimate of drug-likeness (QED) is 0.586. The van der Waals surface area contributed by atoms with Gasteiger partial charge in [0.05, 0.1) is 0 Å². The Labute approximate surface area is 140 Å². The molecular weight excluding hydrogens is 285 g/mol. The molecule has 1 aliphatic heterocycles. The van der Waals surface area contributed by atoms with E-state index in [1.807, 2.05) is 0 Å². The first-order chi connectivity index (χ1) is 11.1. The first-order valence-electron chi connectivity index (χ1n) is 9.71. The zero-order valence-electron chi connectivity index (χ0n) is 14.5. The van der Waals surface area contributed by atoms with Gasteiger partial charge < -0.3 is 0 Å². The van der Waals surface area contributed by atoms with E-state index in [4.69, 9.17) is 4.99 Å². The van der Waals surface area contributed by atoms with Crippen molar-refractivity contribution in [3.05, 3.63) is 23.9 Å². The van der Waals surface area contributed by atoms with E-state index in [-0.39, 0.29) is 0 Å². The molecule has 7 atom stereocenters. The Morgan fingerprint density at radius 1 is 1.09 bits per heavy atom. The zero-order chi connectivity index (χ0) is 16.0. The van der Waals surface area contributed by atoms with E-state index in [1.54, 1.807) is 0 Å². The molecule has 0 bridgehead atoms. The maximum Gasteiger partial charge on any atom is 0.100 e. The van der Waals surface area contributed by atoms with Gasteiger partial charge in [-0.05, 0) is 80.1 Å². The van der Waals surface area contributed by atoms with Gasteiger partial charge in [-0.2, -0.15) is 0 Å². The van der Waals surface area contributed by atoms with Gasteiger partial charge in [0.25, 0.3) is 0 Å². The van der Waals surface area contributed by atoms with Gasteiger partial charge in [-0.3, -0.25) is 4.99 Å². The van der Waals surface area contributed by atoms with Crippen LogP contribution in [0.2, 0.25) is 0 Å². The van der Waals surface area contributed by atoms with Gasteiger partial charge in [0, 0.05) is 17.8 Å². The van der Waals surface area contributed by atoms with Crippen molar-refractivity contribution in [3.63, 3.8) is 0 Å². The summed E-state index contributed by atoms with van der Waals surface area (Å²) in [5.41, 5.74) is 2.89. The van der Waals surface area contributed by atoms with Crippen LogP contribution in [0.3, 0.4) is 0 Å². The number of fused-ring (bicyclic) bond motifs is 3. The first kappa shape index (κ1) is 15.6. The van der Waals surface area contributed by atoms with E-state index in [9.17, 15) is 4.39 Å². The molecule has 126 valence electrons. The van der Waals surface area contributed by atoms with Crippen molar-refractivity contribution < 1.29 is 4.39 Å². The second kappa shape index (κ2) is 6.18. The Morgan fingerprint density at radius 3 is 2.78 bits per heavy atom. The lowest BCUT2D eigenvalue weighted by molar-refractivity contribution is 0.0650. The van der Waals surface area contributed by atoms with Gasteiger partial charge in [0.2, 0.25) is 0 Å². The van der Waals surface area contributed by atoms with Crippen molar-refractivity contribution >= 4 is 5.71 Å². The molecule has 3 aliphatic carbocycles. The summed E-state index contributed by atoms with van der Waals surface area (Å²) < 4.78 is 13.9. The summed E-state index contributed by atoms with van der Waals surface area (Å²) in [5, 5.41) is 0. The highest BCUT2D eigenvalue weighted by Gasteiger charge is 2.45. The van der Waals surface area contributed by atoms with Crippen molar-refractivity contribution in [2.45, 2.75) is 65.0 Å². The van der Waals surface area contributed by atoms with Gasteiger partial charge in [-0.15, -0.1) is 0 Å². The Bertz CT molecular complexity index is 546. The normalized spacial score (nSPS) is 46.5. The lowest BCUT2D eigenvalue weighted by Crippen LogP contribution is -2.44. The molecule has 1 nitrogen and oxygen atoms in total. The molecule has 0 N–H and O–H groups in total. The van der Waals surface area contributed by atoms with Crippen LogP contribution >= 0.6 is 0 Å². The Morgan fingerprint density at radius 2 is 1.96 bits per heavy atom. The Hall–Kier alpha value is -0.920. The summed E-state index contributed by atoms with van der Waals surface area (Å²) in [5.74, 6) is 3.90. The zero-order valence-corrected chi connectivity index (χ0v) is 14.5. The molecule has 4 rings (SSSR count). The largest absolute Gasteiger partial charge is 0.261 e. The summed E-state index contributed by atoms with van der Waals surface area (Å²) >= 11 is 0. The number of allylic oxidation sites excluding steroid dienone is 3. The van der Waals surface area contributed by atoms with Gasteiger partial charge in [0.15, 0.2) is 0 Å². The molecule has 7 unspecified atom stereocenters. The Kier molecular flexibility index (Phi) is 4.19. The fourth-order valence-corrected chi connectivity index (χ4v) is 5.94. The summed E-state index contributed by atoms with van der Waals surface area (Å²) in [6.45, 7) is 4.71. The second-order valence-electron chi connectivity index (χ2n) is 8.67. The molecule has 2 fully saturated rings. The number of rotatable bonds is 1. The SMILES string of the molecule is CC1C=C(C2=NC=CC3CCC4CC(F)CCC4C23)CC(C)C1. The standard InChI is InChI=1S/C21H30FN/c1-13-9-14(2)11-17(10-13)21-20-15(7-8-23-21)3-4-16-12-18(22)5-6-19(16)20/h7-8,10,13-16,18-20H,3-6,9,11-12H2,1-2H3. The van der Waals surface area contributed by atoms with Gasteiger partial charge in [-0.25, -0.2) is 4.39 Å². The molecular formula is C21H30FN. The number of hydrogen-bond donors (Lipinski definition) is 0. The molecule has 4 aliphatic rings. The smallest absolute Gasteiger partial charge is 0.100 e. The van der Waals surface area contributed by atoms with E-state index in [0.717, 1.165) is 25.2 Å². The minimum Gasteiger partial charge on any atom is -0.261 e. The predicted molar refractivity (Wildman–Crippen MR) is 94.2 cm³/mol. The highest BCUT2D eigenvalue weighted by atomic mass is 19.1. The van der Waals surface area contributed by atoms with Crippen molar-refractivity contribution in [3.8, 4) is 0 Å². The molecule has 0 radical (unpaired) electrons. The van der Waals surface area contributed by atoms with Crippen LogP contribution < -0.4 is 0 Å². The number of aliphatic imine (C=N–C) groups is 1. The predicted octanol–water partition coefficient (Wildman–Crippen LogP) is 5.73. The first-order valence-corrected chi connectivity index (χ1v) is 9.71. The summed E-state index contributed by atoms with van der Waals surface area (Å²) in [4.78, 5) is 4.89.